The van der Waals surface area contributed by atoms with Gasteiger partial charge in [0.05, 0.1) is 25.8 Å². The fourth-order valence-corrected chi connectivity index (χ4v) is 3.26. The van der Waals surface area contributed by atoms with E-state index in [1.807, 2.05) is 19.1 Å². The maximum absolute atomic E-state index is 12.5. The maximum Gasteiger partial charge on any atom is 0.311 e. The Hall–Kier alpha value is -3.55. The fourth-order valence-electron chi connectivity index (χ4n) is 3.26. The Balaban J connectivity index is 1.57. The van der Waals surface area contributed by atoms with Crippen molar-refractivity contribution >= 4 is 29.2 Å². The van der Waals surface area contributed by atoms with Crippen molar-refractivity contribution in [1.82, 2.24) is 0 Å². The molecule has 2 aromatic rings. The Morgan fingerprint density at radius 3 is 2.67 bits per heavy atom. The SMILES string of the molecule is COc1cccc(NC(=O)COC(=O)[C@@H]2CC(=O)N(c3cc(C)ccc3OC)C2)c1. The van der Waals surface area contributed by atoms with Crippen LogP contribution < -0.4 is 19.7 Å². The number of nitrogens with one attached hydrogen (secondary N) is 1. The van der Waals surface area contributed by atoms with Gasteiger partial charge in [-0.05, 0) is 36.8 Å². The molecule has 1 heterocycles. The summed E-state index contributed by atoms with van der Waals surface area (Å²) in [6, 6.07) is 12.3. The second-order valence-electron chi connectivity index (χ2n) is 6.97. The number of hydrogen-bond acceptors (Lipinski definition) is 6. The molecule has 30 heavy (non-hydrogen) atoms. The highest BCUT2D eigenvalue weighted by molar-refractivity contribution is 6.01. The number of nitrogens with zero attached hydrogens (tertiary/aromatic N) is 1. The lowest BCUT2D eigenvalue weighted by atomic mass is 10.1. The predicted octanol–water partition coefficient (Wildman–Crippen LogP) is 2.55. The molecule has 1 aliphatic rings. The van der Waals surface area contributed by atoms with E-state index in [4.69, 9.17) is 14.2 Å². The van der Waals surface area contributed by atoms with E-state index in [2.05, 4.69) is 5.32 Å². The zero-order valence-electron chi connectivity index (χ0n) is 17.1. The number of ether oxygens (including phenoxy) is 3. The van der Waals surface area contributed by atoms with E-state index >= 15 is 0 Å². The molecule has 1 fully saturated rings. The van der Waals surface area contributed by atoms with Crippen LogP contribution in [0.3, 0.4) is 0 Å². The molecule has 0 radical (unpaired) electrons. The summed E-state index contributed by atoms with van der Waals surface area (Å²) in [5, 5.41) is 2.64. The molecule has 1 aliphatic heterocycles. The van der Waals surface area contributed by atoms with Crippen molar-refractivity contribution in [3.63, 3.8) is 0 Å². The highest BCUT2D eigenvalue weighted by atomic mass is 16.5. The second-order valence-corrected chi connectivity index (χ2v) is 6.97. The predicted molar refractivity (Wildman–Crippen MR) is 111 cm³/mol. The van der Waals surface area contributed by atoms with Crippen molar-refractivity contribution in [3.8, 4) is 11.5 Å². The van der Waals surface area contributed by atoms with Gasteiger partial charge in [0.15, 0.2) is 6.61 Å². The maximum atomic E-state index is 12.5. The summed E-state index contributed by atoms with van der Waals surface area (Å²) in [6.07, 6.45) is 0.0213. The molecule has 0 saturated carbocycles. The number of esters is 1. The number of amides is 2. The standard InChI is InChI=1S/C22H24N2O6/c1-14-7-8-19(29-3)18(9-14)24-12-15(10-21(24)26)22(27)30-13-20(25)23-16-5-4-6-17(11-16)28-2/h4-9,11,15H,10,12-13H2,1-3H3,(H,23,25)/t15-/m1/s1. The molecule has 0 unspecified atom stereocenters. The van der Waals surface area contributed by atoms with E-state index in [-0.39, 0.29) is 18.9 Å². The lowest BCUT2D eigenvalue weighted by molar-refractivity contribution is -0.151. The molecule has 1 N–H and O–H groups in total. The van der Waals surface area contributed by atoms with Crippen LogP contribution in [-0.2, 0) is 19.1 Å². The van der Waals surface area contributed by atoms with Crippen molar-refractivity contribution in [2.24, 2.45) is 5.92 Å². The van der Waals surface area contributed by atoms with Crippen molar-refractivity contribution < 1.29 is 28.6 Å². The molecule has 2 amide bonds. The van der Waals surface area contributed by atoms with Crippen LogP contribution in [-0.4, -0.2) is 45.2 Å². The fraction of sp³-hybridized carbons (Fsp3) is 0.318. The molecule has 0 bridgehead atoms. The van der Waals surface area contributed by atoms with Crippen molar-refractivity contribution in [2.75, 3.05) is 37.6 Å². The zero-order chi connectivity index (χ0) is 21.7. The van der Waals surface area contributed by atoms with E-state index in [1.54, 1.807) is 30.3 Å². The lowest BCUT2D eigenvalue weighted by Crippen LogP contribution is -2.28. The Morgan fingerprint density at radius 1 is 1.13 bits per heavy atom. The van der Waals surface area contributed by atoms with Crippen molar-refractivity contribution in [1.29, 1.82) is 0 Å². The van der Waals surface area contributed by atoms with E-state index in [1.165, 1.54) is 19.1 Å². The van der Waals surface area contributed by atoms with E-state index < -0.39 is 24.4 Å². The average Bonchev–Trinajstić information content (AvgIpc) is 3.13. The van der Waals surface area contributed by atoms with Gasteiger partial charge in [0.1, 0.15) is 11.5 Å². The summed E-state index contributed by atoms with van der Waals surface area (Å²) < 4.78 is 15.6. The minimum absolute atomic E-state index is 0.0213. The van der Waals surface area contributed by atoms with Gasteiger partial charge in [-0.2, -0.15) is 0 Å². The minimum Gasteiger partial charge on any atom is -0.497 e. The third kappa shape index (κ3) is 4.89. The number of carbonyl (C=O) groups excluding carboxylic acids is 3. The first-order valence-corrected chi connectivity index (χ1v) is 9.47. The summed E-state index contributed by atoms with van der Waals surface area (Å²) in [5.41, 5.74) is 2.12. The summed E-state index contributed by atoms with van der Waals surface area (Å²) in [5.74, 6) is -0.744. The molecule has 0 spiro atoms. The Bertz CT molecular complexity index is 958. The van der Waals surface area contributed by atoms with Gasteiger partial charge in [0.2, 0.25) is 5.91 Å². The zero-order valence-corrected chi connectivity index (χ0v) is 17.1. The molecule has 1 atom stereocenters. The number of anilines is 2. The molecular weight excluding hydrogens is 388 g/mol. The van der Waals surface area contributed by atoms with Crippen LogP contribution in [0.15, 0.2) is 42.5 Å². The highest BCUT2D eigenvalue weighted by Gasteiger charge is 2.37. The summed E-state index contributed by atoms with van der Waals surface area (Å²) in [7, 11) is 3.06. The number of aryl methyl sites for hydroxylation is 1. The third-order valence-electron chi connectivity index (χ3n) is 4.78. The molecule has 158 valence electrons. The van der Waals surface area contributed by atoms with Crippen LogP contribution in [0.5, 0.6) is 11.5 Å². The molecule has 8 heteroatoms. The van der Waals surface area contributed by atoms with Crippen LogP contribution in [0.2, 0.25) is 0 Å². The van der Waals surface area contributed by atoms with Gasteiger partial charge in [-0.1, -0.05) is 12.1 Å². The molecule has 2 aromatic carbocycles. The normalized spacial score (nSPS) is 15.6. The summed E-state index contributed by atoms with van der Waals surface area (Å²) >= 11 is 0. The average molecular weight is 412 g/mol. The van der Waals surface area contributed by atoms with Crippen molar-refractivity contribution in [3.05, 3.63) is 48.0 Å². The van der Waals surface area contributed by atoms with Gasteiger partial charge in [-0.25, -0.2) is 0 Å². The lowest BCUT2D eigenvalue weighted by Gasteiger charge is -2.20. The first-order valence-electron chi connectivity index (χ1n) is 9.47. The van der Waals surface area contributed by atoms with Crippen LogP contribution in [0.4, 0.5) is 11.4 Å². The number of methoxy groups -OCH3 is 2. The van der Waals surface area contributed by atoms with Gasteiger partial charge in [0.25, 0.3) is 5.91 Å². The molecular formula is C22H24N2O6. The molecule has 3 rings (SSSR count). The van der Waals surface area contributed by atoms with Gasteiger partial charge < -0.3 is 24.4 Å². The molecule has 1 saturated heterocycles. The third-order valence-corrected chi connectivity index (χ3v) is 4.78. The van der Waals surface area contributed by atoms with Crippen LogP contribution >= 0.6 is 0 Å². The topological polar surface area (TPSA) is 94.2 Å². The van der Waals surface area contributed by atoms with Gasteiger partial charge in [0, 0.05) is 24.7 Å². The number of benzene rings is 2. The quantitative estimate of drug-likeness (QED) is 0.703. The van der Waals surface area contributed by atoms with Gasteiger partial charge >= 0.3 is 5.97 Å². The van der Waals surface area contributed by atoms with E-state index in [0.29, 0.717) is 22.9 Å². The molecule has 8 nitrogen and oxygen atoms in total. The van der Waals surface area contributed by atoms with Gasteiger partial charge in [-0.15, -0.1) is 0 Å². The summed E-state index contributed by atoms with van der Waals surface area (Å²) in [4.78, 5) is 38.5. The van der Waals surface area contributed by atoms with Crippen LogP contribution in [0, 0.1) is 12.8 Å². The first kappa shape index (κ1) is 21.2. The van der Waals surface area contributed by atoms with Crippen LogP contribution in [0.25, 0.3) is 0 Å². The smallest absolute Gasteiger partial charge is 0.311 e. The largest absolute Gasteiger partial charge is 0.497 e. The molecule has 0 aromatic heterocycles. The molecule has 0 aliphatic carbocycles. The number of rotatable bonds is 7. The number of hydrogen-bond donors (Lipinski definition) is 1. The van der Waals surface area contributed by atoms with E-state index in [0.717, 1.165) is 5.56 Å². The first-order chi connectivity index (χ1) is 14.4. The Kier molecular flexibility index (Phi) is 6.56. The summed E-state index contributed by atoms with van der Waals surface area (Å²) in [6.45, 7) is 1.65. The highest BCUT2D eigenvalue weighted by Crippen LogP contribution is 2.34. The van der Waals surface area contributed by atoms with Crippen LogP contribution in [0.1, 0.15) is 12.0 Å². The Labute approximate surface area is 174 Å². The minimum atomic E-state index is -0.646. The Morgan fingerprint density at radius 2 is 1.93 bits per heavy atom. The monoisotopic (exact) mass is 412 g/mol. The van der Waals surface area contributed by atoms with Gasteiger partial charge in [-0.3, -0.25) is 14.4 Å². The number of carbonyl (C=O) groups is 3. The second kappa shape index (κ2) is 9.30. The van der Waals surface area contributed by atoms with Crippen molar-refractivity contribution in [2.45, 2.75) is 13.3 Å². The van der Waals surface area contributed by atoms with E-state index in [9.17, 15) is 14.4 Å².